The molecule has 0 aromatic heterocycles. The number of carbonyl (C=O) groups is 1. The predicted octanol–water partition coefficient (Wildman–Crippen LogP) is 2.45. The van der Waals surface area contributed by atoms with E-state index in [-0.39, 0.29) is 11.9 Å². The van der Waals surface area contributed by atoms with E-state index in [0.29, 0.717) is 0 Å². The van der Waals surface area contributed by atoms with Gasteiger partial charge in [-0.3, -0.25) is 4.79 Å². The van der Waals surface area contributed by atoms with Crippen molar-refractivity contribution in [2.24, 2.45) is 0 Å². The molecule has 0 saturated carbocycles. The van der Waals surface area contributed by atoms with Gasteiger partial charge in [-0.2, -0.15) is 5.26 Å². The molecule has 70 valence electrons. The molecule has 1 aromatic rings. The number of hydrogen-bond donors (Lipinski definition) is 2. The summed E-state index contributed by atoms with van der Waals surface area (Å²) in [6.45, 7) is 1.56. The Balaban J connectivity index is 0. The van der Waals surface area contributed by atoms with Crippen LogP contribution in [-0.2, 0) is 0 Å². The summed E-state index contributed by atoms with van der Waals surface area (Å²) in [4.78, 5) is 10.6. The second-order valence-corrected chi connectivity index (χ2v) is 2.22. The molecule has 0 unspecified atom stereocenters. The molecule has 0 spiro atoms. The highest BCUT2D eigenvalue weighted by atomic mass is 32.1. The molecule has 0 amide bonds. The second kappa shape index (κ2) is 8.78. The third-order valence-electron chi connectivity index (χ3n) is 1.18. The highest BCUT2D eigenvalue weighted by molar-refractivity contribution is 7.85. The molecule has 3 N–H and O–H groups in total. The number of nitriles is 1. The van der Waals surface area contributed by atoms with Crippen molar-refractivity contribution in [2.75, 3.05) is 0 Å². The Morgan fingerprint density at radius 3 is 2.00 bits per heavy atom. The second-order valence-electron chi connectivity index (χ2n) is 2.02. The Morgan fingerprint density at radius 2 is 1.77 bits per heavy atom. The molecule has 0 aliphatic rings. The first-order valence-electron chi connectivity index (χ1n) is 3.31. The molecule has 13 heavy (non-hydrogen) atoms. The van der Waals surface area contributed by atoms with Crippen molar-refractivity contribution in [3.8, 4) is 5.40 Å². The van der Waals surface area contributed by atoms with Crippen molar-refractivity contribution < 1.29 is 4.79 Å². The van der Waals surface area contributed by atoms with Gasteiger partial charge in [-0.15, -0.1) is 0 Å². The minimum Gasteiger partial charge on any atom is -0.344 e. The van der Waals surface area contributed by atoms with Gasteiger partial charge in [0.25, 0.3) is 0 Å². The summed E-state index contributed by atoms with van der Waals surface area (Å²) in [5, 5.41) is 8.63. The zero-order valence-corrected chi connectivity index (χ0v) is 8.29. The van der Waals surface area contributed by atoms with E-state index in [1.165, 1.54) is 5.40 Å². The molecule has 0 fully saturated rings. The molecule has 4 heteroatoms. The fourth-order valence-electron chi connectivity index (χ4n) is 0.673. The van der Waals surface area contributed by atoms with Crippen LogP contribution in [0.1, 0.15) is 17.3 Å². The topological polar surface area (TPSA) is 75.9 Å². The van der Waals surface area contributed by atoms with Crippen LogP contribution >= 0.6 is 12.6 Å². The number of nitrogens with zero attached hydrogens (tertiary/aromatic N) is 1. The molecule has 0 aliphatic carbocycles. The van der Waals surface area contributed by atoms with Crippen LogP contribution in [0.5, 0.6) is 0 Å². The van der Waals surface area contributed by atoms with Gasteiger partial charge in [0.15, 0.2) is 5.78 Å². The zero-order valence-electron chi connectivity index (χ0n) is 7.40. The van der Waals surface area contributed by atoms with Gasteiger partial charge in [-0.05, 0) is 6.92 Å². The van der Waals surface area contributed by atoms with Crippen LogP contribution in [0.25, 0.3) is 0 Å². The zero-order chi connectivity index (χ0) is 9.40. The highest BCUT2D eigenvalue weighted by Crippen LogP contribution is 1.97. The largest absolute Gasteiger partial charge is 0.344 e. The summed E-state index contributed by atoms with van der Waals surface area (Å²) in [6, 6.07) is 9.23. The van der Waals surface area contributed by atoms with Crippen LogP contribution in [0.3, 0.4) is 0 Å². The third-order valence-corrected chi connectivity index (χ3v) is 1.18. The first kappa shape index (κ1) is 14.2. The molecule has 0 saturated heterocycles. The van der Waals surface area contributed by atoms with Crippen LogP contribution in [0.4, 0.5) is 0 Å². The van der Waals surface area contributed by atoms with Crippen LogP contribution in [0.2, 0.25) is 0 Å². The third kappa shape index (κ3) is 7.06. The lowest BCUT2D eigenvalue weighted by Gasteiger charge is -1.89. The molecular weight excluding hydrogens is 184 g/mol. The van der Waals surface area contributed by atoms with Gasteiger partial charge in [-0.1, -0.05) is 43.0 Å². The average molecular weight is 196 g/mol. The summed E-state index contributed by atoms with van der Waals surface area (Å²) >= 11 is 3.09. The van der Waals surface area contributed by atoms with Crippen molar-refractivity contribution >= 4 is 18.4 Å². The van der Waals surface area contributed by atoms with E-state index in [2.05, 4.69) is 12.6 Å². The number of hydrogen-bond acceptors (Lipinski definition) is 4. The smallest absolute Gasteiger partial charge is 0.159 e. The molecule has 0 atom stereocenters. The first-order chi connectivity index (χ1) is 5.72. The van der Waals surface area contributed by atoms with E-state index in [1.54, 1.807) is 6.92 Å². The number of benzene rings is 1. The number of thiocyanates is 1. The molecule has 1 aromatic carbocycles. The molecule has 0 bridgehead atoms. The number of ketones is 1. The maximum absolute atomic E-state index is 10.6. The Morgan fingerprint density at radius 1 is 1.38 bits per heavy atom. The summed E-state index contributed by atoms with van der Waals surface area (Å²) in [5.74, 6) is 0.121. The van der Waals surface area contributed by atoms with Gasteiger partial charge >= 0.3 is 0 Å². The van der Waals surface area contributed by atoms with Gasteiger partial charge in [0.1, 0.15) is 5.40 Å². The minimum absolute atomic E-state index is 0. The summed E-state index contributed by atoms with van der Waals surface area (Å²) in [7, 11) is 0. The number of Topliss-reactive ketones (excluding diaryl/α,β-unsaturated/α-hetero) is 1. The van der Waals surface area contributed by atoms with Gasteiger partial charge < -0.3 is 6.15 Å². The number of thiol groups is 1. The maximum atomic E-state index is 10.6. The SMILES string of the molecule is CC(=O)c1ccccc1.N.N#CS. The summed E-state index contributed by atoms with van der Waals surface area (Å²) in [6.07, 6.45) is 0. The Kier molecular flexibility index (Phi) is 9.61. The van der Waals surface area contributed by atoms with Crippen molar-refractivity contribution in [1.82, 2.24) is 6.15 Å². The molecule has 3 nitrogen and oxygen atoms in total. The van der Waals surface area contributed by atoms with Gasteiger partial charge in [-0.25, -0.2) is 0 Å². The van der Waals surface area contributed by atoms with E-state index in [9.17, 15) is 4.79 Å². The predicted molar refractivity (Wildman–Crippen MR) is 56.1 cm³/mol. The fourth-order valence-corrected chi connectivity index (χ4v) is 0.673. The molecule has 0 radical (unpaired) electrons. The van der Waals surface area contributed by atoms with Gasteiger partial charge in [0.2, 0.25) is 0 Å². The standard InChI is InChI=1S/C8H8O.CHNS.H3N/c1-7(9)8-5-3-2-4-6-8;2-1-3;/h2-6H,1H3;3H;1H3. The lowest BCUT2D eigenvalue weighted by Crippen LogP contribution is -1.88. The molecule has 0 aliphatic heterocycles. The quantitative estimate of drug-likeness (QED) is 0.411. The van der Waals surface area contributed by atoms with E-state index in [1.807, 2.05) is 30.3 Å². The van der Waals surface area contributed by atoms with E-state index in [4.69, 9.17) is 5.26 Å². The van der Waals surface area contributed by atoms with Gasteiger partial charge in [0, 0.05) is 5.56 Å². The van der Waals surface area contributed by atoms with Crippen molar-refractivity contribution in [2.45, 2.75) is 6.92 Å². The van der Waals surface area contributed by atoms with E-state index in [0.717, 1.165) is 5.56 Å². The van der Waals surface area contributed by atoms with Crippen molar-refractivity contribution in [3.05, 3.63) is 35.9 Å². The van der Waals surface area contributed by atoms with Crippen molar-refractivity contribution in [3.63, 3.8) is 0 Å². The van der Waals surface area contributed by atoms with Gasteiger partial charge in [0.05, 0.1) is 0 Å². The Hall–Kier alpha value is -1.31. The minimum atomic E-state index is 0. The van der Waals surface area contributed by atoms with Crippen LogP contribution < -0.4 is 6.15 Å². The number of rotatable bonds is 1. The summed E-state index contributed by atoms with van der Waals surface area (Å²) < 4.78 is 0. The normalized spacial score (nSPS) is 6.85. The molecule has 1 rings (SSSR count). The summed E-state index contributed by atoms with van der Waals surface area (Å²) in [5.41, 5.74) is 0.775. The highest BCUT2D eigenvalue weighted by Gasteiger charge is 1.92. The van der Waals surface area contributed by atoms with Crippen molar-refractivity contribution in [1.29, 1.82) is 5.26 Å². The van der Waals surface area contributed by atoms with Crippen LogP contribution in [-0.4, -0.2) is 5.78 Å². The fraction of sp³-hybridized carbons (Fsp3) is 0.111. The number of carbonyl (C=O) groups excluding carboxylic acids is 1. The first-order valence-corrected chi connectivity index (χ1v) is 3.76. The van der Waals surface area contributed by atoms with Crippen LogP contribution in [0, 0.1) is 10.7 Å². The lowest BCUT2D eigenvalue weighted by atomic mass is 10.2. The lowest BCUT2D eigenvalue weighted by molar-refractivity contribution is 0.101. The van der Waals surface area contributed by atoms with Crippen LogP contribution in [0.15, 0.2) is 30.3 Å². The van der Waals surface area contributed by atoms with E-state index >= 15 is 0 Å². The Bertz CT molecular complexity index is 279. The molecular formula is C9H12N2OS. The maximum Gasteiger partial charge on any atom is 0.159 e. The molecule has 0 heterocycles. The Labute approximate surface area is 83.4 Å². The van der Waals surface area contributed by atoms with E-state index < -0.39 is 0 Å². The average Bonchev–Trinajstić information content (AvgIpc) is 2.07. The monoisotopic (exact) mass is 196 g/mol.